The summed E-state index contributed by atoms with van der Waals surface area (Å²) in [5.74, 6) is -0.565. The molecule has 7 heteroatoms. The second-order valence-electron chi connectivity index (χ2n) is 5.71. The van der Waals surface area contributed by atoms with Gasteiger partial charge < -0.3 is 10.1 Å². The molecule has 0 spiro atoms. The number of esters is 1. The number of aromatic nitrogens is 2. The number of thiophene rings is 1. The van der Waals surface area contributed by atoms with Crippen molar-refractivity contribution >= 4 is 28.2 Å². The number of rotatable bonds is 5. The Morgan fingerprint density at radius 2 is 1.92 bits per heavy atom. The van der Waals surface area contributed by atoms with Gasteiger partial charge in [0.2, 0.25) is 5.91 Å². The monoisotopic (exact) mass is 349 g/mol. The Morgan fingerprint density at radius 1 is 1.25 bits per heavy atom. The Morgan fingerprint density at radius 3 is 2.46 bits per heavy atom. The predicted molar refractivity (Wildman–Crippen MR) is 94.8 cm³/mol. The predicted octanol–water partition coefficient (Wildman–Crippen LogP) is 3.07. The largest absolute Gasteiger partial charge is 0.462 e. The summed E-state index contributed by atoms with van der Waals surface area (Å²) in [4.78, 5) is 25.6. The van der Waals surface area contributed by atoms with Crippen LogP contribution in [0, 0.1) is 27.7 Å². The molecule has 0 aromatic carbocycles. The summed E-state index contributed by atoms with van der Waals surface area (Å²) in [6.45, 7) is 9.68. The minimum absolute atomic E-state index is 0.166. The highest BCUT2D eigenvalue weighted by molar-refractivity contribution is 7.16. The van der Waals surface area contributed by atoms with Crippen LogP contribution in [0.4, 0.5) is 5.00 Å². The van der Waals surface area contributed by atoms with E-state index in [1.165, 1.54) is 11.3 Å². The molecule has 0 unspecified atom stereocenters. The first kappa shape index (κ1) is 18.2. The van der Waals surface area contributed by atoms with Gasteiger partial charge in [-0.05, 0) is 40.2 Å². The lowest BCUT2D eigenvalue weighted by atomic mass is 10.1. The van der Waals surface area contributed by atoms with Gasteiger partial charge in [-0.15, -0.1) is 11.3 Å². The highest BCUT2D eigenvalue weighted by Gasteiger charge is 2.22. The normalized spacial score (nSPS) is 10.8. The topological polar surface area (TPSA) is 73.2 Å². The van der Waals surface area contributed by atoms with Gasteiger partial charge in [0.1, 0.15) is 5.00 Å². The van der Waals surface area contributed by atoms with Crippen LogP contribution >= 0.6 is 11.3 Å². The van der Waals surface area contributed by atoms with Gasteiger partial charge in [-0.1, -0.05) is 0 Å². The van der Waals surface area contributed by atoms with E-state index < -0.39 is 5.97 Å². The van der Waals surface area contributed by atoms with Gasteiger partial charge in [-0.2, -0.15) is 5.10 Å². The van der Waals surface area contributed by atoms with Crippen LogP contribution < -0.4 is 5.32 Å². The smallest absolute Gasteiger partial charge is 0.341 e. The van der Waals surface area contributed by atoms with Crippen LogP contribution in [0.5, 0.6) is 0 Å². The molecule has 2 rings (SSSR count). The fraction of sp³-hybridized carbons (Fsp3) is 0.471. The van der Waals surface area contributed by atoms with E-state index in [1.807, 2.05) is 34.7 Å². The third-order valence-corrected chi connectivity index (χ3v) is 5.24. The van der Waals surface area contributed by atoms with Crippen LogP contribution in [0.1, 0.15) is 44.7 Å². The van der Waals surface area contributed by atoms with Crippen LogP contribution in [-0.2, 0) is 23.0 Å². The van der Waals surface area contributed by atoms with E-state index >= 15 is 0 Å². The number of aryl methyl sites for hydroxylation is 3. The van der Waals surface area contributed by atoms with E-state index in [9.17, 15) is 9.59 Å². The van der Waals surface area contributed by atoms with E-state index in [1.54, 1.807) is 11.6 Å². The number of anilines is 1. The molecule has 0 fully saturated rings. The van der Waals surface area contributed by atoms with Gasteiger partial charge in [0.05, 0.1) is 24.3 Å². The molecule has 24 heavy (non-hydrogen) atoms. The van der Waals surface area contributed by atoms with Crippen molar-refractivity contribution in [2.24, 2.45) is 7.05 Å². The van der Waals surface area contributed by atoms with Crippen molar-refractivity contribution in [1.82, 2.24) is 9.78 Å². The maximum atomic E-state index is 12.5. The lowest BCUT2D eigenvalue weighted by Gasteiger charge is -2.07. The average Bonchev–Trinajstić information content (AvgIpc) is 2.90. The van der Waals surface area contributed by atoms with E-state index in [0.29, 0.717) is 17.2 Å². The molecule has 0 radical (unpaired) electrons. The molecule has 0 aliphatic rings. The summed E-state index contributed by atoms with van der Waals surface area (Å²) >= 11 is 1.39. The zero-order valence-corrected chi connectivity index (χ0v) is 15.8. The Kier molecular flexibility index (Phi) is 5.43. The first-order valence-electron chi connectivity index (χ1n) is 7.82. The molecule has 1 amide bonds. The van der Waals surface area contributed by atoms with Crippen molar-refractivity contribution in [1.29, 1.82) is 0 Å². The first-order valence-corrected chi connectivity index (χ1v) is 8.63. The second-order valence-corrected chi connectivity index (χ2v) is 6.93. The summed E-state index contributed by atoms with van der Waals surface area (Å²) in [5, 5.41) is 7.74. The highest BCUT2D eigenvalue weighted by Crippen LogP contribution is 2.33. The Bertz CT molecular complexity index is 790. The Labute approximate surface area is 145 Å². The number of hydrogen-bond acceptors (Lipinski definition) is 5. The van der Waals surface area contributed by atoms with Crippen LogP contribution in [0.2, 0.25) is 0 Å². The van der Waals surface area contributed by atoms with E-state index in [-0.39, 0.29) is 12.3 Å². The van der Waals surface area contributed by atoms with Crippen molar-refractivity contribution in [2.45, 2.75) is 41.0 Å². The average molecular weight is 349 g/mol. The van der Waals surface area contributed by atoms with E-state index in [2.05, 4.69) is 10.4 Å². The van der Waals surface area contributed by atoms with Crippen molar-refractivity contribution in [3.63, 3.8) is 0 Å². The molecule has 1 N–H and O–H groups in total. The van der Waals surface area contributed by atoms with Gasteiger partial charge in [0, 0.05) is 23.2 Å². The number of ether oxygens (including phenoxy) is 1. The molecular weight excluding hydrogens is 326 g/mol. The molecule has 0 aliphatic heterocycles. The lowest BCUT2D eigenvalue weighted by Crippen LogP contribution is -2.17. The molecule has 6 nitrogen and oxygen atoms in total. The molecule has 0 aliphatic carbocycles. The molecule has 2 aromatic rings. The van der Waals surface area contributed by atoms with Crippen molar-refractivity contribution < 1.29 is 14.3 Å². The van der Waals surface area contributed by atoms with Crippen LogP contribution in [-0.4, -0.2) is 28.3 Å². The number of amides is 1. The molecule has 0 atom stereocenters. The number of carbonyl (C=O) groups excluding carboxylic acids is 2. The maximum Gasteiger partial charge on any atom is 0.341 e. The minimum Gasteiger partial charge on any atom is -0.462 e. The van der Waals surface area contributed by atoms with Gasteiger partial charge >= 0.3 is 5.97 Å². The zero-order valence-electron chi connectivity index (χ0n) is 14.9. The first-order chi connectivity index (χ1) is 11.3. The SMILES string of the molecule is CCOC(=O)c1c(NC(=O)Cc2c(C)nn(C)c2C)sc(C)c1C. The van der Waals surface area contributed by atoms with E-state index in [0.717, 1.165) is 27.4 Å². The third-order valence-electron chi connectivity index (χ3n) is 4.11. The summed E-state index contributed by atoms with van der Waals surface area (Å²) in [6.07, 6.45) is 0.226. The molecular formula is C17H23N3O3S. The Balaban J connectivity index is 2.23. The number of carbonyl (C=O) groups is 2. The van der Waals surface area contributed by atoms with Crippen molar-refractivity contribution in [3.05, 3.63) is 33.0 Å². The van der Waals surface area contributed by atoms with Gasteiger partial charge in [0.15, 0.2) is 0 Å². The summed E-state index contributed by atoms with van der Waals surface area (Å²) in [5.41, 5.74) is 4.02. The van der Waals surface area contributed by atoms with Crippen LogP contribution in [0.25, 0.3) is 0 Å². The molecule has 130 valence electrons. The fourth-order valence-electron chi connectivity index (χ4n) is 2.57. The van der Waals surface area contributed by atoms with Crippen LogP contribution in [0.3, 0.4) is 0 Å². The molecule has 0 saturated carbocycles. The van der Waals surface area contributed by atoms with Gasteiger partial charge in [-0.3, -0.25) is 9.48 Å². The van der Waals surface area contributed by atoms with Gasteiger partial charge in [0.25, 0.3) is 0 Å². The highest BCUT2D eigenvalue weighted by atomic mass is 32.1. The zero-order chi connectivity index (χ0) is 18.0. The summed E-state index contributed by atoms with van der Waals surface area (Å²) in [6, 6.07) is 0. The summed E-state index contributed by atoms with van der Waals surface area (Å²) in [7, 11) is 1.86. The summed E-state index contributed by atoms with van der Waals surface area (Å²) < 4.78 is 6.87. The molecule has 2 aromatic heterocycles. The lowest BCUT2D eigenvalue weighted by molar-refractivity contribution is -0.115. The quantitative estimate of drug-likeness (QED) is 0.842. The number of nitrogens with zero attached hydrogens (tertiary/aromatic N) is 2. The molecule has 2 heterocycles. The van der Waals surface area contributed by atoms with Crippen molar-refractivity contribution in [3.8, 4) is 0 Å². The number of hydrogen-bond donors (Lipinski definition) is 1. The third kappa shape index (κ3) is 3.51. The standard InChI is InChI=1S/C17H23N3O3S/c1-7-23-17(22)15-9(2)12(5)24-16(15)18-14(21)8-13-10(3)19-20(6)11(13)4/h7-8H2,1-6H3,(H,18,21). The Hall–Kier alpha value is -2.15. The van der Waals surface area contributed by atoms with Crippen molar-refractivity contribution in [2.75, 3.05) is 11.9 Å². The molecule has 0 bridgehead atoms. The van der Waals surface area contributed by atoms with E-state index in [4.69, 9.17) is 4.74 Å². The second kappa shape index (κ2) is 7.17. The minimum atomic E-state index is -0.400. The number of nitrogens with one attached hydrogen (secondary N) is 1. The maximum absolute atomic E-state index is 12.5. The molecule has 0 saturated heterocycles. The van der Waals surface area contributed by atoms with Gasteiger partial charge in [-0.25, -0.2) is 4.79 Å². The van der Waals surface area contributed by atoms with Crippen LogP contribution in [0.15, 0.2) is 0 Å². The fourth-order valence-corrected chi connectivity index (χ4v) is 3.63.